The SMILES string of the molecule is OCCCNCC1CC1. The number of hydrogen-bond donors (Lipinski definition) is 2. The van der Waals surface area contributed by atoms with Crippen LogP contribution in [0.25, 0.3) is 0 Å². The Morgan fingerprint density at radius 2 is 2.22 bits per heavy atom. The molecule has 1 rings (SSSR count). The first-order valence-electron chi connectivity index (χ1n) is 3.75. The van der Waals surface area contributed by atoms with Crippen molar-refractivity contribution < 1.29 is 5.11 Å². The van der Waals surface area contributed by atoms with Crippen molar-refractivity contribution in [2.45, 2.75) is 19.3 Å². The van der Waals surface area contributed by atoms with Crippen LogP contribution in [0.5, 0.6) is 0 Å². The van der Waals surface area contributed by atoms with E-state index in [1.807, 2.05) is 0 Å². The van der Waals surface area contributed by atoms with Crippen LogP contribution in [0, 0.1) is 5.92 Å². The van der Waals surface area contributed by atoms with E-state index in [0.717, 1.165) is 18.9 Å². The second-order valence-corrected chi connectivity index (χ2v) is 2.72. The molecule has 0 amide bonds. The summed E-state index contributed by atoms with van der Waals surface area (Å²) < 4.78 is 0. The van der Waals surface area contributed by atoms with Crippen molar-refractivity contribution in [3.63, 3.8) is 0 Å². The lowest BCUT2D eigenvalue weighted by Gasteiger charge is -1.99. The maximum Gasteiger partial charge on any atom is 0.0443 e. The average Bonchev–Trinajstić information content (AvgIpc) is 2.63. The molecular formula is C7H15NO. The zero-order valence-corrected chi connectivity index (χ0v) is 5.77. The van der Waals surface area contributed by atoms with Crippen LogP contribution in [0.15, 0.2) is 0 Å². The van der Waals surface area contributed by atoms with Crippen molar-refractivity contribution in [1.82, 2.24) is 5.32 Å². The van der Waals surface area contributed by atoms with Gasteiger partial charge in [0.15, 0.2) is 0 Å². The fourth-order valence-corrected chi connectivity index (χ4v) is 0.832. The van der Waals surface area contributed by atoms with Gasteiger partial charge >= 0.3 is 0 Å². The third kappa shape index (κ3) is 3.49. The highest BCUT2D eigenvalue weighted by Gasteiger charge is 2.19. The molecule has 0 aliphatic heterocycles. The summed E-state index contributed by atoms with van der Waals surface area (Å²) in [6, 6.07) is 0. The van der Waals surface area contributed by atoms with E-state index in [-0.39, 0.29) is 0 Å². The third-order valence-corrected chi connectivity index (χ3v) is 1.64. The lowest BCUT2D eigenvalue weighted by Crippen LogP contribution is -2.18. The summed E-state index contributed by atoms with van der Waals surface area (Å²) >= 11 is 0. The van der Waals surface area contributed by atoms with Crippen LogP contribution in [-0.2, 0) is 0 Å². The summed E-state index contributed by atoms with van der Waals surface area (Å²) in [6.45, 7) is 2.46. The van der Waals surface area contributed by atoms with E-state index in [1.54, 1.807) is 0 Å². The van der Waals surface area contributed by atoms with Gasteiger partial charge in [0.1, 0.15) is 0 Å². The summed E-state index contributed by atoms with van der Waals surface area (Å²) in [6.07, 6.45) is 3.71. The van der Waals surface area contributed by atoms with Gasteiger partial charge in [0, 0.05) is 6.61 Å². The summed E-state index contributed by atoms with van der Waals surface area (Å²) in [4.78, 5) is 0. The van der Waals surface area contributed by atoms with E-state index < -0.39 is 0 Å². The Bertz CT molecular complexity index is 71.3. The third-order valence-electron chi connectivity index (χ3n) is 1.64. The lowest BCUT2D eigenvalue weighted by atomic mass is 10.4. The molecule has 1 aliphatic carbocycles. The fourth-order valence-electron chi connectivity index (χ4n) is 0.832. The Kier molecular flexibility index (Phi) is 3.01. The highest BCUT2D eigenvalue weighted by atomic mass is 16.3. The van der Waals surface area contributed by atoms with Crippen LogP contribution in [0.4, 0.5) is 0 Å². The molecule has 0 aromatic rings. The van der Waals surface area contributed by atoms with Crippen LogP contribution >= 0.6 is 0 Å². The number of aliphatic hydroxyl groups is 1. The Morgan fingerprint density at radius 1 is 1.44 bits per heavy atom. The smallest absolute Gasteiger partial charge is 0.0443 e. The molecule has 0 saturated heterocycles. The largest absolute Gasteiger partial charge is 0.396 e. The van der Waals surface area contributed by atoms with Crippen molar-refractivity contribution in [2.24, 2.45) is 5.92 Å². The molecule has 0 unspecified atom stereocenters. The van der Waals surface area contributed by atoms with Gasteiger partial charge in [0.25, 0.3) is 0 Å². The van der Waals surface area contributed by atoms with Gasteiger partial charge in [0.2, 0.25) is 0 Å². The summed E-state index contributed by atoms with van der Waals surface area (Å²) in [5.74, 6) is 0.962. The fraction of sp³-hybridized carbons (Fsp3) is 1.00. The molecule has 0 atom stereocenters. The van der Waals surface area contributed by atoms with Gasteiger partial charge in [-0.15, -0.1) is 0 Å². The molecule has 0 bridgehead atoms. The first-order chi connectivity index (χ1) is 4.43. The number of nitrogens with one attached hydrogen (secondary N) is 1. The second kappa shape index (κ2) is 3.85. The van der Waals surface area contributed by atoms with Gasteiger partial charge in [0.05, 0.1) is 0 Å². The van der Waals surface area contributed by atoms with Crippen molar-refractivity contribution in [2.75, 3.05) is 19.7 Å². The topological polar surface area (TPSA) is 32.3 Å². The maximum absolute atomic E-state index is 8.41. The van der Waals surface area contributed by atoms with E-state index in [4.69, 9.17) is 5.11 Å². The number of aliphatic hydroxyl groups excluding tert-OH is 1. The lowest BCUT2D eigenvalue weighted by molar-refractivity contribution is 0.286. The van der Waals surface area contributed by atoms with Crippen molar-refractivity contribution in [3.05, 3.63) is 0 Å². The molecule has 0 aromatic heterocycles. The van der Waals surface area contributed by atoms with Gasteiger partial charge in [-0.3, -0.25) is 0 Å². The highest BCUT2D eigenvalue weighted by Crippen LogP contribution is 2.27. The van der Waals surface area contributed by atoms with Crippen molar-refractivity contribution in [1.29, 1.82) is 0 Å². The second-order valence-electron chi connectivity index (χ2n) is 2.72. The zero-order chi connectivity index (χ0) is 6.53. The molecular weight excluding hydrogens is 114 g/mol. The van der Waals surface area contributed by atoms with Gasteiger partial charge in [-0.1, -0.05) is 0 Å². The minimum absolute atomic E-state index is 0.317. The first-order valence-corrected chi connectivity index (χ1v) is 3.75. The zero-order valence-electron chi connectivity index (χ0n) is 5.77. The van der Waals surface area contributed by atoms with Crippen LogP contribution in [0.1, 0.15) is 19.3 Å². The maximum atomic E-state index is 8.41. The molecule has 0 aromatic carbocycles. The van der Waals surface area contributed by atoms with E-state index in [1.165, 1.54) is 19.4 Å². The van der Waals surface area contributed by atoms with Crippen molar-refractivity contribution >= 4 is 0 Å². The van der Waals surface area contributed by atoms with Gasteiger partial charge in [-0.05, 0) is 38.3 Å². The van der Waals surface area contributed by atoms with Gasteiger partial charge < -0.3 is 10.4 Å². The quantitative estimate of drug-likeness (QED) is 0.526. The summed E-state index contributed by atoms with van der Waals surface area (Å²) in [5.41, 5.74) is 0. The molecule has 2 N–H and O–H groups in total. The van der Waals surface area contributed by atoms with Crippen LogP contribution in [0.3, 0.4) is 0 Å². The Labute approximate surface area is 56.3 Å². The van der Waals surface area contributed by atoms with Crippen molar-refractivity contribution in [3.8, 4) is 0 Å². The molecule has 1 fully saturated rings. The Morgan fingerprint density at radius 3 is 2.78 bits per heavy atom. The predicted octanol–water partition coefficient (Wildman–Crippen LogP) is 0.368. The molecule has 9 heavy (non-hydrogen) atoms. The molecule has 0 radical (unpaired) electrons. The normalized spacial score (nSPS) is 18.3. The summed E-state index contributed by atoms with van der Waals surface area (Å²) in [7, 11) is 0. The molecule has 54 valence electrons. The van der Waals surface area contributed by atoms with Crippen LogP contribution < -0.4 is 5.32 Å². The number of rotatable bonds is 5. The minimum Gasteiger partial charge on any atom is -0.396 e. The molecule has 1 saturated carbocycles. The van der Waals surface area contributed by atoms with E-state index in [2.05, 4.69) is 5.32 Å². The molecule has 0 spiro atoms. The average molecular weight is 129 g/mol. The molecule has 2 nitrogen and oxygen atoms in total. The van der Waals surface area contributed by atoms with E-state index in [0.29, 0.717) is 6.61 Å². The number of hydrogen-bond acceptors (Lipinski definition) is 2. The Balaban J connectivity index is 1.71. The molecule has 0 heterocycles. The first kappa shape index (κ1) is 7.03. The van der Waals surface area contributed by atoms with E-state index >= 15 is 0 Å². The van der Waals surface area contributed by atoms with Crippen LogP contribution in [-0.4, -0.2) is 24.8 Å². The predicted molar refractivity (Wildman–Crippen MR) is 37.3 cm³/mol. The summed E-state index contributed by atoms with van der Waals surface area (Å²) in [5, 5.41) is 11.7. The molecule has 1 aliphatic rings. The minimum atomic E-state index is 0.317. The van der Waals surface area contributed by atoms with Crippen LogP contribution in [0.2, 0.25) is 0 Å². The Hall–Kier alpha value is -0.0800. The van der Waals surface area contributed by atoms with Gasteiger partial charge in [-0.25, -0.2) is 0 Å². The highest BCUT2D eigenvalue weighted by molar-refractivity contribution is 4.74. The van der Waals surface area contributed by atoms with Gasteiger partial charge in [-0.2, -0.15) is 0 Å². The monoisotopic (exact) mass is 129 g/mol. The van der Waals surface area contributed by atoms with E-state index in [9.17, 15) is 0 Å². The molecule has 2 heteroatoms. The standard InChI is InChI=1S/C7H15NO/c9-5-1-4-8-6-7-2-3-7/h7-9H,1-6H2.